The number of nitrogens with zero attached hydrogens (tertiary/aromatic N) is 2. The van der Waals surface area contributed by atoms with Crippen molar-refractivity contribution in [2.24, 2.45) is 5.92 Å². The average molecular weight is 394 g/mol. The number of nitrogens with one attached hydrogen (secondary N) is 1. The predicted octanol–water partition coefficient (Wildman–Crippen LogP) is 4.95. The second kappa shape index (κ2) is 6.77. The Kier molecular flexibility index (Phi) is 4.25. The lowest BCUT2D eigenvalue weighted by Gasteiger charge is -2.18. The summed E-state index contributed by atoms with van der Waals surface area (Å²) in [7, 11) is 0. The molecule has 1 atom stereocenters. The van der Waals surface area contributed by atoms with Gasteiger partial charge in [0.2, 0.25) is 5.56 Å². The van der Waals surface area contributed by atoms with Crippen molar-refractivity contribution in [3.63, 3.8) is 0 Å². The number of para-hydroxylation sites is 1. The topological polar surface area (TPSA) is 58.6 Å². The summed E-state index contributed by atoms with van der Waals surface area (Å²) in [6.07, 6.45) is 5.17. The van der Waals surface area contributed by atoms with E-state index in [4.69, 9.17) is 0 Å². The minimum atomic E-state index is -0.0564. The van der Waals surface area contributed by atoms with E-state index in [2.05, 4.69) is 27.9 Å². The molecule has 1 unspecified atom stereocenters. The number of aromatic amines is 1. The van der Waals surface area contributed by atoms with E-state index in [1.807, 2.05) is 29.5 Å². The highest BCUT2D eigenvalue weighted by Crippen LogP contribution is 2.41. The highest BCUT2D eigenvalue weighted by atomic mass is 32.2. The largest absolute Gasteiger partial charge is 0.322 e. The molecule has 0 spiro atoms. The Labute approximate surface area is 165 Å². The summed E-state index contributed by atoms with van der Waals surface area (Å²) in [5.74, 6) is 1.47. The molecule has 0 saturated carbocycles. The van der Waals surface area contributed by atoms with Gasteiger partial charge >= 0.3 is 0 Å². The maximum absolute atomic E-state index is 12.0. The zero-order chi connectivity index (χ0) is 18.4. The van der Waals surface area contributed by atoms with Gasteiger partial charge in [-0.2, -0.15) is 0 Å². The molecule has 0 saturated heterocycles. The van der Waals surface area contributed by atoms with Crippen molar-refractivity contribution in [1.29, 1.82) is 0 Å². The van der Waals surface area contributed by atoms with E-state index >= 15 is 0 Å². The monoisotopic (exact) mass is 393 g/mol. The lowest BCUT2D eigenvalue weighted by atomic mass is 9.89. The van der Waals surface area contributed by atoms with Crippen molar-refractivity contribution in [2.45, 2.75) is 37.0 Å². The number of aromatic nitrogens is 3. The summed E-state index contributed by atoms with van der Waals surface area (Å²) >= 11 is 3.53. The molecule has 136 valence electrons. The molecule has 0 aliphatic heterocycles. The van der Waals surface area contributed by atoms with Gasteiger partial charge in [0.1, 0.15) is 16.2 Å². The molecule has 4 nitrogen and oxygen atoms in total. The predicted molar refractivity (Wildman–Crippen MR) is 113 cm³/mol. The second-order valence-electron chi connectivity index (χ2n) is 7.20. The number of thiophene rings is 1. The summed E-state index contributed by atoms with van der Waals surface area (Å²) < 4.78 is 0. The molecule has 27 heavy (non-hydrogen) atoms. The summed E-state index contributed by atoms with van der Waals surface area (Å²) in [4.78, 5) is 26.6. The molecular weight excluding hydrogens is 374 g/mol. The minimum absolute atomic E-state index is 0.0564. The molecule has 0 fully saturated rings. The van der Waals surface area contributed by atoms with Gasteiger partial charge in [0.25, 0.3) is 0 Å². The maximum atomic E-state index is 12.0. The third-order valence-corrected chi connectivity index (χ3v) is 7.46. The molecular formula is C21H19N3OS2. The SMILES string of the molecule is CC1CCc2c(sc3ncnc(SCc4cc(=O)[nH]c5ccccc45)c23)C1. The third-order valence-electron chi connectivity index (χ3n) is 5.26. The Morgan fingerprint density at radius 2 is 2.19 bits per heavy atom. The van der Waals surface area contributed by atoms with E-state index in [0.29, 0.717) is 0 Å². The summed E-state index contributed by atoms with van der Waals surface area (Å²) in [5, 5.41) is 3.37. The van der Waals surface area contributed by atoms with Crippen molar-refractivity contribution < 1.29 is 0 Å². The quantitative estimate of drug-likeness (QED) is 0.395. The fourth-order valence-electron chi connectivity index (χ4n) is 3.90. The Hall–Kier alpha value is -2.18. The molecule has 5 rings (SSSR count). The maximum Gasteiger partial charge on any atom is 0.248 e. The first-order valence-electron chi connectivity index (χ1n) is 9.18. The van der Waals surface area contributed by atoms with Crippen LogP contribution in [0.4, 0.5) is 0 Å². The Morgan fingerprint density at radius 3 is 3.11 bits per heavy atom. The molecule has 3 aromatic heterocycles. The van der Waals surface area contributed by atoms with Crippen LogP contribution in [-0.4, -0.2) is 15.0 Å². The highest BCUT2D eigenvalue weighted by molar-refractivity contribution is 7.98. The number of benzene rings is 1. The van der Waals surface area contributed by atoms with Crippen LogP contribution in [0.15, 0.2) is 46.5 Å². The van der Waals surface area contributed by atoms with Gasteiger partial charge in [0, 0.05) is 33.0 Å². The Morgan fingerprint density at radius 1 is 1.30 bits per heavy atom. The standard InChI is InChI=1S/C21H19N3OS2/c1-12-6-7-15-17(8-12)27-21-19(15)20(22-11-23-21)26-10-13-9-18(25)24-16-5-3-2-4-14(13)16/h2-5,9,11-12H,6-8,10H2,1H3,(H,24,25). The molecule has 4 aromatic rings. The van der Waals surface area contributed by atoms with E-state index in [-0.39, 0.29) is 5.56 Å². The second-order valence-corrected chi connectivity index (χ2v) is 9.25. The third kappa shape index (κ3) is 3.07. The first-order chi connectivity index (χ1) is 13.2. The number of rotatable bonds is 3. The van der Waals surface area contributed by atoms with Crippen molar-refractivity contribution >= 4 is 44.2 Å². The van der Waals surface area contributed by atoms with Crippen LogP contribution in [0.1, 0.15) is 29.3 Å². The van der Waals surface area contributed by atoms with Crippen LogP contribution in [-0.2, 0) is 18.6 Å². The number of H-pyrrole nitrogens is 1. The molecule has 6 heteroatoms. The zero-order valence-corrected chi connectivity index (χ0v) is 16.6. The molecule has 3 heterocycles. The summed E-state index contributed by atoms with van der Waals surface area (Å²) in [5.41, 5.74) is 3.32. The number of hydrogen-bond donors (Lipinski definition) is 1. The normalized spacial score (nSPS) is 16.7. The Balaban J connectivity index is 1.54. The molecule has 1 aliphatic carbocycles. The van der Waals surface area contributed by atoms with Crippen LogP contribution >= 0.6 is 23.1 Å². The highest BCUT2D eigenvalue weighted by Gasteiger charge is 2.23. The molecule has 0 bridgehead atoms. The number of fused-ring (bicyclic) bond motifs is 4. The first-order valence-corrected chi connectivity index (χ1v) is 11.0. The van der Waals surface area contributed by atoms with Crippen molar-refractivity contribution in [3.8, 4) is 0 Å². The van der Waals surface area contributed by atoms with Gasteiger partial charge in [-0.05, 0) is 42.4 Å². The molecule has 1 aliphatic rings. The van der Waals surface area contributed by atoms with Crippen LogP contribution in [0.2, 0.25) is 0 Å². The van der Waals surface area contributed by atoms with Crippen LogP contribution in [0.25, 0.3) is 21.1 Å². The molecule has 1 aromatic carbocycles. The van der Waals surface area contributed by atoms with Crippen molar-refractivity contribution in [1.82, 2.24) is 15.0 Å². The van der Waals surface area contributed by atoms with Crippen LogP contribution in [0, 0.1) is 5.92 Å². The molecule has 0 amide bonds. The lowest BCUT2D eigenvalue weighted by molar-refractivity contribution is 0.509. The van der Waals surface area contributed by atoms with Crippen molar-refractivity contribution in [2.75, 3.05) is 0 Å². The lowest BCUT2D eigenvalue weighted by Crippen LogP contribution is -2.08. The average Bonchev–Trinajstić information content (AvgIpc) is 3.04. The number of hydrogen-bond acceptors (Lipinski definition) is 5. The number of aryl methyl sites for hydroxylation is 1. The minimum Gasteiger partial charge on any atom is -0.322 e. The van der Waals surface area contributed by atoms with Crippen LogP contribution in [0.5, 0.6) is 0 Å². The fourth-order valence-corrected chi connectivity index (χ4v) is 6.33. The van der Waals surface area contributed by atoms with Gasteiger partial charge in [-0.3, -0.25) is 4.79 Å². The Bertz CT molecular complexity index is 1210. The first kappa shape index (κ1) is 17.0. The molecule has 1 N–H and O–H groups in total. The van der Waals surface area contributed by atoms with Gasteiger partial charge in [0.05, 0.1) is 0 Å². The zero-order valence-electron chi connectivity index (χ0n) is 15.0. The van der Waals surface area contributed by atoms with Crippen LogP contribution < -0.4 is 5.56 Å². The van der Waals surface area contributed by atoms with E-state index < -0.39 is 0 Å². The van der Waals surface area contributed by atoms with E-state index in [1.54, 1.807) is 24.2 Å². The number of thioether (sulfide) groups is 1. The number of pyridine rings is 1. The van der Waals surface area contributed by atoms with Gasteiger partial charge in [-0.25, -0.2) is 9.97 Å². The summed E-state index contributed by atoms with van der Waals surface area (Å²) in [6, 6.07) is 9.67. The molecule has 0 radical (unpaired) electrons. The van der Waals surface area contributed by atoms with E-state index in [0.717, 1.165) is 50.8 Å². The van der Waals surface area contributed by atoms with Gasteiger partial charge in [0.15, 0.2) is 0 Å². The van der Waals surface area contributed by atoms with E-state index in [1.165, 1.54) is 22.2 Å². The van der Waals surface area contributed by atoms with Gasteiger partial charge in [-0.1, -0.05) is 25.1 Å². The van der Waals surface area contributed by atoms with Crippen molar-refractivity contribution in [3.05, 3.63) is 63.0 Å². The van der Waals surface area contributed by atoms with E-state index in [9.17, 15) is 4.79 Å². The summed E-state index contributed by atoms with van der Waals surface area (Å²) in [6.45, 7) is 2.33. The van der Waals surface area contributed by atoms with Gasteiger partial charge in [-0.15, -0.1) is 23.1 Å². The smallest absolute Gasteiger partial charge is 0.248 e. The van der Waals surface area contributed by atoms with Crippen LogP contribution in [0.3, 0.4) is 0 Å². The fraction of sp³-hybridized carbons (Fsp3) is 0.286. The van der Waals surface area contributed by atoms with Gasteiger partial charge < -0.3 is 4.98 Å².